The Labute approximate surface area is 394 Å². The summed E-state index contributed by atoms with van der Waals surface area (Å²) in [6, 6.07) is -1.26. The van der Waals surface area contributed by atoms with Crippen LogP contribution in [0.15, 0.2) is 36.5 Å². The van der Waals surface area contributed by atoms with Crippen LogP contribution < -0.4 is 5.32 Å². The van der Waals surface area contributed by atoms with Crippen LogP contribution in [0.1, 0.15) is 219 Å². The van der Waals surface area contributed by atoms with Gasteiger partial charge in [-0.2, -0.15) is 0 Å². The average Bonchev–Trinajstić information content (AvgIpc) is 3.28. The normalized spacial score (nSPS) is 22.8. The van der Waals surface area contributed by atoms with Gasteiger partial charge in [-0.3, -0.25) is 13.8 Å². The van der Waals surface area contributed by atoms with Crippen molar-refractivity contribution in [3.63, 3.8) is 0 Å². The first kappa shape index (κ1) is 61.5. The van der Waals surface area contributed by atoms with E-state index in [2.05, 4.69) is 43.5 Å². The molecule has 1 fully saturated rings. The van der Waals surface area contributed by atoms with Crippen molar-refractivity contribution < 1.29 is 59.0 Å². The highest BCUT2D eigenvalue weighted by Gasteiger charge is 2.51. The molecule has 0 spiro atoms. The number of phosphoric acid groups is 1. The number of carbonyl (C=O) groups is 1. The van der Waals surface area contributed by atoms with Crippen molar-refractivity contribution in [3.8, 4) is 0 Å². The fourth-order valence-corrected chi connectivity index (χ4v) is 9.18. The van der Waals surface area contributed by atoms with Crippen LogP contribution in [0.25, 0.3) is 0 Å². The lowest BCUT2D eigenvalue weighted by molar-refractivity contribution is -0.220. The fourth-order valence-electron chi connectivity index (χ4n) is 8.21. The first-order valence-electron chi connectivity index (χ1n) is 26.0. The average molecular weight is 946 g/mol. The van der Waals surface area contributed by atoms with Crippen molar-refractivity contribution in [2.75, 3.05) is 6.61 Å². The molecule has 0 aromatic carbocycles. The summed E-state index contributed by atoms with van der Waals surface area (Å²) in [5.74, 6) is -0.604. The van der Waals surface area contributed by atoms with Gasteiger partial charge in [-0.25, -0.2) is 4.57 Å². The molecule has 0 bridgehead atoms. The van der Waals surface area contributed by atoms with E-state index in [1.807, 2.05) is 0 Å². The number of aliphatic hydroxyl groups is 7. The monoisotopic (exact) mass is 946 g/mol. The Morgan fingerprint density at radius 1 is 0.538 bits per heavy atom. The Bertz CT molecular complexity index is 1250. The van der Waals surface area contributed by atoms with Crippen LogP contribution >= 0.6 is 7.82 Å². The molecule has 0 saturated heterocycles. The minimum absolute atomic E-state index is 0.253. The minimum atomic E-state index is -5.15. The van der Waals surface area contributed by atoms with Crippen molar-refractivity contribution in [2.24, 2.45) is 0 Å². The first-order chi connectivity index (χ1) is 31.3. The van der Waals surface area contributed by atoms with E-state index in [0.717, 1.165) is 44.9 Å². The number of amides is 1. The van der Waals surface area contributed by atoms with Crippen molar-refractivity contribution in [3.05, 3.63) is 36.5 Å². The van der Waals surface area contributed by atoms with Crippen LogP contribution in [0.5, 0.6) is 0 Å². The molecule has 1 aliphatic rings. The molecule has 1 rings (SSSR count). The van der Waals surface area contributed by atoms with Gasteiger partial charge in [0.1, 0.15) is 36.6 Å². The SMILES string of the molecule is CCCCCCCC/C=C/CC/C=C/CC/C=C/C(O)C(COP(=O)(O)OC1C(O)C(O)C(O)C(O)C1O)NC(=O)CC(O)CCCCCCCCCCCCCCCCCCCCC. The predicted molar refractivity (Wildman–Crippen MR) is 261 cm³/mol. The summed E-state index contributed by atoms with van der Waals surface area (Å²) in [6.45, 7) is 3.74. The maximum Gasteiger partial charge on any atom is 0.472 e. The fraction of sp³-hybridized carbons (Fsp3) is 0.863. The molecule has 8 unspecified atom stereocenters. The van der Waals surface area contributed by atoms with E-state index in [1.54, 1.807) is 6.08 Å². The van der Waals surface area contributed by atoms with Crippen molar-refractivity contribution >= 4 is 13.7 Å². The molecule has 0 aromatic rings. The summed E-state index contributed by atoms with van der Waals surface area (Å²) in [6.07, 6.45) is 33.7. The molecular formula is C51H96NO12P. The van der Waals surface area contributed by atoms with E-state index >= 15 is 0 Å². The second-order valence-corrected chi connectivity index (χ2v) is 20.0. The van der Waals surface area contributed by atoms with Crippen molar-refractivity contribution in [2.45, 2.75) is 274 Å². The first-order valence-corrected chi connectivity index (χ1v) is 27.5. The lowest BCUT2D eigenvalue weighted by Crippen LogP contribution is -2.64. The largest absolute Gasteiger partial charge is 0.472 e. The summed E-state index contributed by atoms with van der Waals surface area (Å²) in [7, 11) is -5.15. The van der Waals surface area contributed by atoms with E-state index in [0.29, 0.717) is 19.3 Å². The summed E-state index contributed by atoms with van der Waals surface area (Å²) in [5, 5.41) is 74.6. The van der Waals surface area contributed by atoms with E-state index < -0.39 is 75.2 Å². The third-order valence-electron chi connectivity index (χ3n) is 12.5. The number of hydrogen-bond acceptors (Lipinski definition) is 11. The minimum Gasteiger partial charge on any atom is -0.393 e. The third-order valence-corrected chi connectivity index (χ3v) is 13.4. The Hall–Kier alpha value is -1.48. The molecule has 65 heavy (non-hydrogen) atoms. The Morgan fingerprint density at radius 3 is 1.35 bits per heavy atom. The van der Waals surface area contributed by atoms with Gasteiger partial charge in [0.2, 0.25) is 5.91 Å². The second-order valence-electron chi connectivity index (χ2n) is 18.5. The topological polar surface area (TPSA) is 226 Å². The molecule has 1 saturated carbocycles. The second kappa shape index (κ2) is 40.4. The van der Waals surface area contributed by atoms with E-state index in [4.69, 9.17) is 9.05 Å². The number of hydrogen-bond donors (Lipinski definition) is 9. The van der Waals surface area contributed by atoms with Crippen molar-refractivity contribution in [1.82, 2.24) is 5.32 Å². The van der Waals surface area contributed by atoms with E-state index in [-0.39, 0.29) is 6.42 Å². The zero-order valence-electron chi connectivity index (χ0n) is 40.7. The number of unbranched alkanes of at least 4 members (excludes halogenated alkanes) is 26. The maximum absolute atomic E-state index is 13.0. The quantitative estimate of drug-likeness (QED) is 0.0158. The third kappa shape index (κ3) is 32.1. The van der Waals surface area contributed by atoms with Crippen LogP contribution in [0.3, 0.4) is 0 Å². The number of phosphoric ester groups is 1. The molecule has 1 aliphatic carbocycles. The highest BCUT2D eigenvalue weighted by Crippen LogP contribution is 2.47. The summed E-state index contributed by atoms with van der Waals surface area (Å²) in [4.78, 5) is 23.5. The molecule has 9 N–H and O–H groups in total. The van der Waals surface area contributed by atoms with Gasteiger partial charge < -0.3 is 46.0 Å². The number of aliphatic hydroxyl groups excluding tert-OH is 7. The van der Waals surface area contributed by atoms with Crippen LogP contribution in [-0.4, -0.2) is 108 Å². The van der Waals surface area contributed by atoms with Crippen LogP contribution in [-0.2, 0) is 18.4 Å². The molecule has 8 atom stereocenters. The maximum atomic E-state index is 13.0. The lowest BCUT2D eigenvalue weighted by Gasteiger charge is -2.41. The van der Waals surface area contributed by atoms with E-state index in [9.17, 15) is 50.0 Å². The Balaban J connectivity index is 2.49. The number of allylic oxidation sites excluding steroid dienone is 5. The molecule has 13 nitrogen and oxygen atoms in total. The van der Waals surface area contributed by atoms with Gasteiger partial charge in [0.15, 0.2) is 0 Å². The van der Waals surface area contributed by atoms with Gasteiger partial charge in [-0.15, -0.1) is 0 Å². The molecule has 0 aromatic heterocycles. The number of carbonyl (C=O) groups excluding carboxylic acids is 1. The molecule has 0 radical (unpaired) electrons. The molecule has 0 heterocycles. The molecule has 382 valence electrons. The lowest BCUT2D eigenvalue weighted by atomic mass is 9.85. The summed E-state index contributed by atoms with van der Waals surface area (Å²) < 4.78 is 22.9. The number of nitrogens with one attached hydrogen (secondary N) is 1. The van der Waals surface area contributed by atoms with Gasteiger partial charge in [0.25, 0.3) is 0 Å². The molecule has 0 aliphatic heterocycles. The Morgan fingerprint density at radius 2 is 0.908 bits per heavy atom. The highest BCUT2D eigenvalue weighted by atomic mass is 31.2. The van der Waals surface area contributed by atoms with Crippen LogP contribution in [0.2, 0.25) is 0 Å². The van der Waals surface area contributed by atoms with Gasteiger partial charge >= 0.3 is 7.82 Å². The zero-order valence-corrected chi connectivity index (χ0v) is 41.5. The van der Waals surface area contributed by atoms with Gasteiger partial charge in [-0.1, -0.05) is 204 Å². The van der Waals surface area contributed by atoms with E-state index in [1.165, 1.54) is 141 Å². The van der Waals surface area contributed by atoms with Gasteiger partial charge in [-0.05, 0) is 44.9 Å². The summed E-state index contributed by atoms with van der Waals surface area (Å²) >= 11 is 0. The van der Waals surface area contributed by atoms with Crippen molar-refractivity contribution in [1.29, 1.82) is 0 Å². The molecule has 14 heteroatoms. The van der Waals surface area contributed by atoms with Crippen LogP contribution in [0, 0.1) is 0 Å². The smallest absolute Gasteiger partial charge is 0.393 e. The van der Waals surface area contributed by atoms with Gasteiger partial charge in [0.05, 0.1) is 31.3 Å². The standard InChI is InChI=1S/C51H96NO12P/c1-3-5-7-9-11-13-15-17-19-21-22-23-24-26-28-30-32-34-36-38-42(53)40-45(55)52-43(41-63-65(61,62)64-51-49(59)47(57)46(56)48(58)50(51)60)44(54)39-37-35-33-31-29-27-25-20-18-16-14-12-10-8-6-4-2/h18,20,29,31,37,39,42-44,46-51,53-54,56-60H,3-17,19,21-28,30,32-36,38,40-41H2,1-2H3,(H,52,55)(H,61,62)/b20-18+,31-29+,39-37+. The van der Waals surface area contributed by atoms with Gasteiger partial charge in [0, 0.05) is 0 Å². The Kier molecular flexibility index (Phi) is 38.3. The highest BCUT2D eigenvalue weighted by molar-refractivity contribution is 7.47. The predicted octanol–water partition coefficient (Wildman–Crippen LogP) is 9.70. The zero-order chi connectivity index (χ0) is 48.0. The molecule has 1 amide bonds. The number of rotatable bonds is 43. The molecular weight excluding hydrogens is 850 g/mol. The van der Waals surface area contributed by atoms with Crippen LogP contribution in [0.4, 0.5) is 0 Å². The summed E-state index contributed by atoms with van der Waals surface area (Å²) in [5.41, 5.74) is 0.